The maximum Gasteiger partial charge on any atom is 0.264 e. The molecular formula is C5H10BNO4S. The topological polar surface area (TPSA) is 63.7 Å². The van der Waals surface area contributed by atoms with Gasteiger partial charge in [-0.05, 0) is 0 Å². The molecule has 1 fully saturated rings. The van der Waals surface area contributed by atoms with E-state index in [-0.39, 0.29) is 11.9 Å². The zero-order chi connectivity index (χ0) is 9.35. The molecule has 7 heteroatoms. The van der Waals surface area contributed by atoms with E-state index >= 15 is 0 Å². The molecule has 68 valence electrons. The molecule has 0 N–H and O–H groups in total. The van der Waals surface area contributed by atoms with E-state index in [1.165, 1.54) is 12.7 Å². The van der Waals surface area contributed by atoms with Crippen molar-refractivity contribution in [3.63, 3.8) is 0 Å². The molecule has 0 unspecified atom stereocenters. The summed E-state index contributed by atoms with van der Waals surface area (Å²) in [5.41, 5.74) is 0. The lowest BCUT2D eigenvalue weighted by atomic mass is 10.0. The van der Waals surface area contributed by atoms with Gasteiger partial charge >= 0.3 is 0 Å². The molecule has 0 aromatic carbocycles. The first-order chi connectivity index (χ1) is 5.38. The molecule has 0 aliphatic carbocycles. The molecule has 12 heavy (non-hydrogen) atoms. The van der Waals surface area contributed by atoms with Crippen molar-refractivity contribution in [3.05, 3.63) is 0 Å². The van der Waals surface area contributed by atoms with E-state index in [0.29, 0.717) is 13.1 Å². The Kier molecular flexibility index (Phi) is 2.43. The van der Waals surface area contributed by atoms with Gasteiger partial charge in [0.05, 0.1) is 6.26 Å². The molecule has 1 heterocycles. The minimum Gasteiger partial charge on any atom is -0.346 e. The third-order valence-electron chi connectivity index (χ3n) is 1.60. The third-order valence-corrected chi connectivity index (χ3v) is 2.23. The van der Waals surface area contributed by atoms with Crippen LogP contribution in [0.25, 0.3) is 0 Å². The monoisotopic (exact) mass is 191 g/mol. The summed E-state index contributed by atoms with van der Waals surface area (Å²) < 4.78 is 25.8. The van der Waals surface area contributed by atoms with E-state index in [0.717, 1.165) is 6.26 Å². The molecule has 1 amide bonds. The van der Waals surface area contributed by atoms with Crippen molar-refractivity contribution in [2.24, 2.45) is 0 Å². The highest BCUT2D eigenvalue weighted by molar-refractivity contribution is 7.86. The first-order valence-electron chi connectivity index (χ1n) is 3.52. The van der Waals surface area contributed by atoms with Gasteiger partial charge in [0, 0.05) is 13.1 Å². The first kappa shape index (κ1) is 9.53. The van der Waals surface area contributed by atoms with Crippen LogP contribution < -0.4 is 0 Å². The highest BCUT2D eigenvalue weighted by Gasteiger charge is 2.31. The second kappa shape index (κ2) is 3.06. The van der Waals surface area contributed by atoms with Crippen molar-refractivity contribution in [1.29, 1.82) is 0 Å². The Morgan fingerprint density at radius 3 is 2.42 bits per heavy atom. The number of rotatable bonds is 2. The number of nitrogens with zero attached hydrogens (tertiary/aromatic N) is 1. The van der Waals surface area contributed by atoms with Gasteiger partial charge in [-0.25, -0.2) is 0 Å². The van der Waals surface area contributed by atoms with E-state index in [2.05, 4.69) is 4.18 Å². The Morgan fingerprint density at radius 2 is 2.08 bits per heavy atom. The summed E-state index contributed by atoms with van der Waals surface area (Å²) in [4.78, 5) is 12.2. The van der Waals surface area contributed by atoms with Crippen molar-refractivity contribution in [3.8, 4) is 0 Å². The normalized spacial score (nSPS) is 18.9. The van der Waals surface area contributed by atoms with E-state index in [1.54, 1.807) is 0 Å². The molecule has 1 aliphatic rings. The van der Waals surface area contributed by atoms with E-state index in [1.807, 2.05) is 0 Å². The Labute approximate surface area is 72.2 Å². The summed E-state index contributed by atoms with van der Waals surface area (Å²) >= 11 is 0. The summed E-state index contributed by atoms with van der Waals surface area (Å²) in [6, 6.07) is 0. The van der Waals surface area contributed by atoms with Crippen LogP contribution in [0.5, 0.6) is 0 Å². The summed E-state index contributed by atoms with van der Waals surface area (Å²) in [5.74, 6) is -0.0525. The number of carbonyl (C=O) groups is 1. The van der Waals surface area contributed by atoms with E-state index in [9.17, 15) is 13.2 Å². The first-order valence-corrected chi connectivity index (χ1v) is 5.34. The number of carbonyl (C=O) groups excluding carboxylic acids is 1. The van der Waals surface area contributed by atoms with Crippen molar-refractivity contribution in [2.45, 2.75) is 6.10 Å². The number of amides is 1. The van der Waals surface area contributed by atoms with Gasteiger partial charge in [0.25, 0.3) is 10.1 Å². The maximum absolute atomic E-state index is 10.7. The van der Waals surface area contributed by atoms with Crippen LogP contribution in [0.3, 0.4) is 0 Å². The van der Waals surface area contributed by atoms with Crippen molar-refractivity contribution in [2.75, 3.05) is 19.3 Å². The van der Waals surface area contributed by atoms with Crippen molar-refractivity contribution < 1.29 is 17.4 Å². The molecule has 0 aromatic heterocycles. The van der Waals surface area contributed by atoms with Gasteiger partial charge in [0.2, 0.25) is 7.85 Å². The SMILES string of the molecule is BC(=O)N1CC(OS(C)(=O)=O)C1. The van der Waals surface area contributed by atoms with Crippen LogP contribution in [0.15, 0.2) is 0 Å². The molecule has 0 bridgehead atoms. The largest absolute Gasteiger partial charge is 0.346 e. The lowest BCUT2D eigenvalue weighted by Crippen LogP contribution is -2.54. The van der Waals surface area contributed by atoms with Gasteiger partial charge in [-0.2, -0.15) is 8.42 Å². The molecule has 1 saturated heterocycles. The number of hydrogen-bond acceptors (Lipinski definition) is 4. The average Bonchev–Trinajstić information content (AvgIpc) is 1.74. The Balaban J connectivity index is 2.32. The van der Waals surface area contributed by atoms with Crippen LogP contribution in [0.1, 0.15) is 0 Å². The van der Waals surface area contributed by atoms with Gasteiger partial charge in [-0.3, -0.25) is 8.98 Å². The average molecular weight is 191 g/mol. The molecule has 0 radical (unpaired) electrons. The van der Waals surface area contributed by atoms with E-state index < -0.39 is 10.1 Å². The fourth-order valence-electron chi connectivity index (χ4n) is 1.00. The summed E-state index contributed by atoms with van der Waals surface area (Å²) in [7, 11) is -1.93. The zero-order valence-electron chi connectivity index (χ0n) is 6.98. The lowest BCUT2D eigenvalue weighted by molar-refractivity contribution is 0.0586. The molecule has 0 atom stereocenters. The summed E-state index contributed by atoms with van der Waals surface area (Å²) in [6.45, 7) is 0.755. The van der Waals surface area contributed by atoms with Gasteiger partial charge in [0.1, 0.15) is 6.10 Å². The molecule has 0 spiro atoms. The zero-order valence-corrected chi connectivity index (χ0v) is 7.80. The second-order valence-corrected chi connectivity index (χ2v) is 4.45. The van der Waals surface area contributed by atoms with Gasteiger partial charge in [0.15, 0.2) is 5.81 Å². The number of likely N-dealkylation sites (tertiary alicyclic amines) is 1. The Hall–Kier alpha value is -0.555. The van der Waals surface area contributed by atoms with Crippen LogP contribution in [0.4, 0.5) is 4.79 Å². The number of hydrogen-bond donors (Lipinski definition) is 0. The molecule has 0 aromatic rings. The molecule has 0 saturated carbocycles. The van der Waals surface area contributed by atoms with Crippen LogP contribution in [-0.2, 0) is 14.3 Å². The maximum atomic E-state index is 10.7. The Bertz CT molecular complexity index is 282. The molecule has 1 rings (SSSR count). The van der Waals surface area contributed by atoms with Crippen molar-refractivity contribution >= 4 is 23.8 Å². The van der Waals surface area contributed by atoms with Crippen LogP contribution in [0.2, 0.25) is 0 Å². The van der Waals surface area contributed by atoms with Gasteiger partial charge < -0.3 is 4.90 Å². The smallest absolute Gasteiger partial charge is 0.264 e. The van der Waals surface area contributed by atoms with Crippen LogP contribution in [-0.4, -0.2) is 52.4 Å². The second-order valence-electron chi connectivity index (χ2n) is 2.85. The lowest BCUT2D eigenvalue weighted by Gasteiger charge is -2.37. The highest BCUT2D eigenvalue weighted by atomic mass is 32.2. The summed E-state index contributed by atoms with van der Waals surface area (Å²) in [5, 5.41) is 0. The fourth-order valence-corrected chi connectivity index (χ4v) is 1.62. The molecule has 1 aliphatic heterocycles. The quantitative estimate of drug-likeness (QED) is 0.389. The van der Waals surface area contributed by atoms with Gasteiger partial charge in [-0.15, -0.1) is 0 Å². The summed E-state index contributed by atoms with van der Waals surface area (Å²) in [6.07, 6.45) is 0.660. The minimum absolute atomic E-state index is 0.0525. The van der Waals surface area contributed by atoms with E-state index in [4.69, 9.17) is 0 Å². The standard InChI is InChI=1S/C5H10BNO4S/c1-12(9,10)11-4-2-7(3-4)5(6)8/h4H,2-3,6H2,1H3. The Morgan fingerprint density at radius 1 is 1.58 bits per heavy atom. The van der Waals surface area contributed by atoms with Crippen molar-refractivity contribution in [1.82, 2.24) is 4.90 Å². The highest BCUT2D eigenvalue weighted by Crippen LogP contribution is 2.12. The molecular weight excluding hydrogens is 181 g/mol. The van der Waals surface area contributed by atoms with Crippen LogP contribution >= 0.6 is 0 Å². The fraction of sp³-hybridized carbons (Fsp3) is 0.800. The predicted octanol–water partition coefficient (Wildman–Crippen LogP) is -1.60. The third kappa shape index (κ3) is 2.49. The molecule has 5 nitrogen and oxygen atoms in total. The predicted molar refractivity (Wildman–Crippen MR) is 45.2 cm³/mol. The van der Waals surface area contributed by atoms with Crippen LogP contribution in [0, 0.1) is 0 Å². The minimum atomic E-state index is -3.37. The van der Waals surface area contributed by atoms with Gasteiger partial charge in [-0.1, -0.05) is 0 Å².